The smallest absolute Gasteiger partial charge is 0.393 e. The van der Waals surface area contributed by atoms with Crippen LogP contribution in [0.15, 0.2) is 0 Å². The van der Waals surface area contributed by atoms with Gasteiger partial charge in [0.1, 0.15) is 0 Å². The number of nitrogens with one attached hydrogen (secondary N) is 3. The van der Waals surface area contributed by atoms with Crippen molar-refractivity contribution in [2.45, 2.75) is 149 Å². The van der Waals surface area contributed by atoms with Crippen LogP contribution in [0.3, 0.4) is 0 Å². The predicted molar refractivity (Wildman–Crippen MR) is 196 cm³/mol. The summed E-state index contributed by atoms with van der Waals surface area (Å²) in [6.45, 7) is 19.2. The maximum atomic E-state index is 11.9. The summed E-state index contributed by atoms with van der Waals surface area (Å²) in [5, 5.41) is 22.8. The zero-order valence-corrected chi connectivity index (χ0v) is 32.3. The fourth-order valence-corrected chi connectivity index (χ4v) is 12.0. The summed E-state index contributed by atoms with van der Waals surface area (Å²) in [5.41, 5.74) is 5.14. The van der Waals surface area contributed by atoms with Gasteiger partial charge in [-0.1, -0.05) is 34.6 Å². The molecule has 0 heterocycles. The van der Waals surface area contributed by atoms with Crippen LogP contribution in [0.4, 0.5) is 0 Å². The third kappa shape index (κ3) is 9.75. The molecule has 0 spiro atoms. The zero-order chi connectivity index (χ0) is 35.2. The van der Waals surface area contributed by atoms with Gasteiger partial charge in [0.25, 0.3) is 0 Å². The molecule has 48 heavy (non-hydrogen) atoms. The largest absolute Gasteiger partial charge is 0.397 e. The van der Waals surface area contributed by atoms with E-state index in [-0.39, 0.29) is 17.4 Å². The number of unbranched alkanes of at least 4 members (excludes halogenated alkanes) is 1. The lowest BCUT2D eigenvalue weighted by atomic mass is 9.43. The first-order valence-electron chi connectivity index (χ1n) is 19.9. The van der Waals surface area contributed by atoms with E-state index in [9.17, 15) is 18.1 Å². The van der Waals surface area contributed by atoms with Crippen molar-refractivity contribution in [2.24, 2.45) is 58.0 Å². The van der Waals surface area contributed by atoms with Crippen molar-refractivity contribution in [3.05, 3.63) is 0 Å². The summed E-state index contributed by atoms with van der Waals surface area (Å²) in [7, 11) is -4.52. The topological polar surface area (TPSA) is 146 Å². The molecular formula is C38H74N4O5S. The maximum absolute atomic E-state index is 11.9. The van der Waals surface area contributed by atoms with Crippen LogP contribution in [0.1, 0.15) is 131 Å². The van der Waals surface area contributed by atoms with Crippen LogP contribution in [0.25, 0.3) is 0 Å². The van der Waals surface area contributed by atoms with Gasteiger partial charge < -0.3 is 26.8 Å². The fraction of sp³-hybridized carbons (Fsp3) is 1.00. The van der Waals surface area contributed by atoms with E-state index in [0.717, 1.165) is 65.0 Å². The summed E-state index contributed by atoms with van der Waals surface area (Å²) < 4.78 is 38.0. The minimum Gasteiger partial charge on any atom is -0.393 e. The molecule has 11 atom stereocenters. The molecule has 0 aromatic carbocycles. The predicted octanol–water partition coefficient (Wildman–Crippen LogP) is 5.92. The van der Waals surface area contributed by atoms with Gasteiger partial charge in [-0.3, -0.25) is 4.55 Å². The number of hydrogen-bond acceptors (Lipinski definition) is 8. The molecule has 4 aliphatic carbocycles. The highest BCUT2D eigenvalue weighted by Gasteiger charge is 2.63. The minimum atomic E-state index is -4.52. The lowest BCUT2D eigenvalue weighted by molar-refractivity contribution is -0.167. The third-order valence-corrected chi connectivity index (χ3v) is 15.1. The van der Waals surface area contributed by atoms with Crippen LogP contribution >= 0.6 is 0 Å². The van der Waals surface area contributed by atoms with Gasteiger partial charge in [0.05, 0.1) is 11.7 Å². The number of rotatable bonds is 20. The highest BCUT2D eigenvalue weighted by molar-refractivity contribution is 7.80. The SMILES string of the molecule is CC(C)C(C)(CC[C@@H](C)[C@H]1CCC2C3C(CC[C@@]21C)[C@@]1(C)CC[C@H](NCCCNCCCCNCCCN)C[C@H]1C[C@@H]3O)OS(=O)(=O)O. The monoisotopic (exact) mass is 699 g/mol. The molecule has 10 heteroatoms. The summed E-state index contributed by atoms with van der Waals surface area (Å²) in [6.07, 6.45) is 15.4. The maximum Gasteiger partial charge on any atom is 0.397 e. The summed E-state index contributed by atoms with van der Waals surface area (Å²) in [6, 6.07) is 0.568. The molecule has 4 rings (SSSR count). The first-order chi connectivity index (χ1) is 22.6. The fourth-order valence-electron chi connectivity index (χ4n) is 11.3. The first kappa shape index (κ1) is 40.4. The Morgan fingerprint density at radius 2 is 1.50 bits per heavy atom. The van der Waals surface area contributed by atoms with Gasteiger partial charge in [-0.05, 0) is 188 Å². The van der Waals surface area contributed by atoms with Gasteiger partial charge in [-0.2, -0.15) is 8.42 Å². The Morgan fingerprint density at radius 1 is 0.875 bits per heavy atom. The third-order valence-electron chi connectivity index (χ3n) is 14.5. The highest BCUT2D eigenvalue weighted by atomic mass is 32.3. The average molecular weight is 699 g/mol. The van der Waals surface area contributed by atoms with Crippen molar-refractivity contribution < 1.29 is 22.3 Å². The molecule has 7 N–H and O–H groups in total. The van der Waals surface area contributed by atoms with Crippen molar-refractivity contribution in [3.8, 4) is 0 Å². The number of hydrogen-bond donors (Lipinski definition) is 6. The van der Waals surface area contributed by atoms with Gasteiger partial charge in [-0.15, -0.1) is 0 Å². The number of nitrogens with two attached hydrogens (primary N) is 1. The van der Waals surface area contributed by atoms with Gasteiger partial charge in [0.15, 0.2) is 0 Å². The van der Waals surface area contributed by atoms with Crippen LogP contribution in [-0.4, -0.2) is 75.1 Å². The molecule has 4 aliphatic rings. The van der Waals surface area contributed by atoms with E-state index in [4.69, 9.17) is 9.92 Å². The number of aliphatic hydroxyl groups is 1. The number of fused-ring (bicyclic) bond motifs is 5. The Hall–Kier alpha value is -0.330. The molecule has 282 valence electrons. The van der Waals surface area contributed by atoms with E-state index < -0.39 is 16.0 Å². The van der Waals surface area contributed by atoms with E-state index in [2.05, 4.69) is 36.7 Å². The first-order valence-corrected chi connectivity index (χ1v) is 21.2. The van der Waals surface area contributed by atoms with Crippen molar-refractivity contribution in [3.63, 3.8) is 0 Å². The van der Waals surface area contributed by atoms with E-state index in [1.807, 2.05) is 20.8 Å². The minimum absolute atomic E-state index is 0.0396. The summed E-state index contributed by atoms with van der Waals surface area (Å²) in [4.78, 5) is 0. The van der Waals surface area contributed by atoms with Crippen molar-refractivity contribution >= 4 is 10.4 Å². The second kappa shape index (κ2) is 17.5. The standard InChI is InChI=1S/C38H74N4O5S/c1-27(2)38(6,47-48(44,45)46)18-13-28(3)31-11-12-32-35-33(15-17-37(31,32)5)36(4)16-14-30(25-29(36)26-34(35)43)42-24-10-23-41-21-8-7-20-40-22-9-19-39/h27-35,40-43H,7-26,39H2,1-6H3,(H,44,45,46)/t28-,29+,30+,31-,32?,33?,34+,35?,36+,37-,38?/m1/s1. The Kier molecular flexibility index (Phi) is 14.7. The Balaban J connectivity index is 1.24. The molecule has 0 aromatic rings. The lowest BCUT2D eigenvalue weighted by Gasteiger charge is -2.62. The van der Waals surface area contributed by atoms with Crippen LogP contribution in [0, 0.1) is 52.3 Å². The second-order valence-corrected chi connectivity index (χ2v) is 18.7. The molecular weight excluding hydrogens is 625 g/mol. The van der Waals surface area contributed by atoms with E-state index in [1.54, 1.807) is 0 Å². The van der Waals surface area contributed by atoms with E-state index in [1.165, 1.54) is 57.8 Å². The molecule has 4 unspecified atom stereocenters. The summed E-state index contributed by atoms with van der Waals surface area (Å²) in [5.74, 6) is 3.08. The lowest BCUT2D eigenvalue weighted by Crippen LogP contribution is -2.59. The highest BCUT2D eigenvalue weighted by Crippen LogP contribution is 2.68. The zero-order valence-electron chi connectivity index (χ0n) is 31.4. The van der Waals surface area contributed by atoms with Crippen molar-refractivity contribution in [2.75, 3.05) is 39.3 Å². The average Bonchev–Trinajstić information content (AvgIpc) is 3.37. The molecule has 9 nitrogen and oxygen atoms in total. The Morgan fingerprint density at radius 3 is 2.15 bits per heavy atom. The van der Waals surface area contributed by atoms with Crippen molar-refractivity contribution in [1.29, 1.82) is 0 Å². The molecule has 0 bridgehead atoms. The van der Waals surface area contributed by atoms with E-state index in [0.29, 0.717) is 53.4 Å². The molecule has 0 radical (unpaired) electrons. The molecule has 0 saturated heterocycles. The van der Waals surface area contributed by atoms with Crippen LogP contribution in [0.5, 0.6) is 0 Å². The normalized spacial score (nSPS) is 37.1. The van der Waals surface area contributed by atoms with Crippen molar-refractivity contribution in [1.82, 2.24) is 16.0 Å². The molecule has 0 aromatic heterocycles. The van der Waals surface area contributed by atoms with Gasteiger partial charge in [0, 0.05) is 6.04 Å². The van der Waals surface area contributed by atoms with Crippen LogP contribution < -0.4 is 21.7 Å². The Labute approximate surface area is 294 Å². The molecule has 0 amide bonds. The quantitative estimate of drug-likeness (QED) is 0.0674. The summed E-state index contributed by atoms with van der Waals surface area (Å²) >= 11 is 0. The molecule has 0 aliphatic heterocycles. The number of aliphatic hydroxyl groups excluding tert-OH is 1. The van der Waals surface area contributed by atoms with Crippen LogP contribution in [0.2, 0.25) is 0 Å². The molecule has 4 fully saturated rings. The Bertz CT molecular complexity index is 1090. The molecule has 4 saturated carbocycles. The second-order valence-electron chi connectivity index (χ2n) is 17.6. The van der Waals surface area contributed by atoms with Gasteiger partial charge in [0.2, 0.25) is 0 Å². The van der Waals surface area contributed by atoms with Gasteiger partial charge >= 0.3 is 10.4 Å². The van der Waals surface area contributed by atoms with Crippen LogP contribution in [-0.2, 0) is 14.6 Å². The van der Waals surface area contributed by atoms with E-state index >= 15 is 0 Å². The van der Waals surface area contributed by atoms with Gasteiger partial charge in [-0.25, -0.2) is 4.18 Å².